The summed E-state index contributed by atoms with van der Waals surface area (Å²) in [4.78, 5) is 8.08. The van der Waals surface area contributed by atoms with Crippen LogP contribution in [0.2, 0.25) is 0 Å². The number of hydrogen-bond acceptors (Lipinski definition) is 6. The second-order valence-electron chi connectivity index (χ2n) is 4.28. The molecule has 1 aliphatic heterocycles. The first-order valence-corrected chi connectivity index (χ1v) is 5.59. The van der Waals surface area contributed by atoms with Crippen LogP contribution in [0.5, 0.6) is 0 Å². The van der Waals surface area contributed by atoms with E-state index >= 15 is 0 Å². The van der Waals surface area contributed by atoms with Gasteiger partial charge >= 0.3 is 6.18 Å². The average molecular weight is 319 g/mol. The van der Waals surface area contributed by atoms with Gasteiger partial charge in [0, 0.05) is 7.05 Å². The summed E-state index contributed by atoms with van der Waals surface area (Å²) in [6, 6.07) is 3.07. The number of halogens is 4. The van der Waals surface area contributed by atoms with E-state index < -0.39 is 11.7 Å². The monoisotopic (exact) mass is 318 g/mol. The highest BCUT2D eigenvalue weighted by atomic mass is 35.5. The van der Waals surface area contributed by atoms with E-state index in [2.05, 4.69) is 20.8 Å². The molecule has 6 nitrogen and oxygen atoms in total. The van der Waals surface area contributed by atoms with Gasteiger partial charge in [0.1, 0.15) is 5.69 Å². The zero-order chi connectivity index (χ0) is 14.5. The lowest BCUT2D eigenvalue weighted by Gasteiger charge is -2.08. The molecule has 1 aromatic heterocycles. The van der Waals surface area contributed by atoms with Crippen molar-refractivity contribution in [2.24, 2.45) is 0 Å². The second-order valence-corrected chi connectivity index (χ2v) is 4.28. The number of hydrogen-bond donors (Lipinski definition) is 3. The molecule has 112 valence electrons. The summed E-state index contributed by atoms with van der Waals surface area (Å²) in [5.74, 6) is 0.347. The first-order chi connectivity index (χ1) is 9.34. The summed E-state index contributed by atoms with van der Waals surface area (Å²) in [6.45, 7) is 0. The molecule has 3 N–H and O–H groups in total. The average Bonchev–Trinajstić information content (AvgIpc) is 2.65. The number of nitrogens with one attached hydrogen (secondary N) is 3. The fraction of sp³-hybridized carbons (Fsp3) is 0.182. The van der Waals surface area contributed by atoms with Crippen LogP contribution in [0.1, 0.15) is 5.56 Å². The van der Waals surface area contributed by atoms with Crippen molar-refractivity contribution in [1.82, 2.24) is 15.1 Å². The van der Waals surface area contributed by atoms with Crippen LogP contribution in [0.4, 0.5) is 24.7 Å². The summed E-state index contributed by atoms with van der Waals surface area (Å²) in [5.41, 5.74) is 5.23. The largest absolute Gasteiger partial charge is 0.416 e. The van der Waals surface area contributed by atoms with Crippen molar-refractivity contribution < 1.29 is 13.2 Å². The summed E-state index contributed by atoms with van der Waals surface area (Å²) >= 11 is 0. The van der Waals surface area contributed by atoms with Crippen LogP contribution in [-0.2, 0) is 6.18 Å². The van der Waals surface area contributed by atoms with Crippen molar-refractivity contribution in [2.75, 3.05) is 17.9 Å². The number of benzene rings is 1. The van der Waals surface area contributed by atoms with E-state index in [1.165, 1.54) is 11.2 Å². The molecule has 0 fully saturated rings. The Hall–Kier alpha value is -2.13. The molecule has 0 amide bonds. The predicted octanol–water partition coefficient (Wildman–Crippen LogP) is 2.15. The van der Waals surface area contributed by atoms with Crippen molar-refractivity contribution >= 4 is 34.9 Å². The van der Waals surface area contributed by atoms with Crippen molar-refractivity contribution in [3.05, 3.63) is 29.3 Å². The SMILES string of the molecule is CN1Nc2nc3ccc(C(F)(F)F)cc3nc(=N)c2N1.Cl. The molecule has 0 unspecified atom stereocenters. The molecule has 0 atom stereocenters. The Morgan fingerprint density at radius 2 is 1.86 bits per heavy atom. The number of aromatic nitrogens is 2. The van der Waals surface area contributed by atoms with E-state index in [1.807, 2.05) is 0 Å². The molecule has 0 saturated heterocycles. The second kappa shape index (κ2) is 5.01. The molecule has 0 spiro atoms. The van der Waals surface area contributed by atoms with Crippen LogP contribution in [0, 0.1) is 5.41 Å². The van der Waals surface area contributed by atoms with Crippen molar-refractivity contribution in [3.8, 4) is 0 Å². The fourth-order valence-electron chi connectivity index (χ4n) is 1.89. The number of rotatable bonds is 0. The smallest absolute Gasteiger partial charge is 0.295 e. The van der Waals surface area contributed by atoms with Gasteiger partial charge in [0.2, 0.25) is 0 Å². The third kappa shape index (κ3) is 2.69. The fourth-order valence-corrected chi connectivity index (χ4v) is 1.89. The molecule has 1 aromatic carbocycles. The third-order valence-electron chi connectivity index (χ3n) is 2.79. The molecule has 1 aliphatic rings. The van der Waals surface area contributed by atoms with E-state index in [4.69, 9.17) is 5.41 Å². The maximum atomic E-state index is 12.7. The molecule has 10 heteroatoms. The highest BCUT2D eigenvalue weighted by Crippen LogP contribution is 2.31. The Bertz CT molecular complexity index is 763. The number of anilines is 2. The van der Waals surface area contributed by atoms with Crippen LogP contribution in [0.3, 0.4) is 0 Å². The normalized spacial score (nSPS) is 14.1. The molecule has 2 heterocycles. The van der Waals surface area contributed by atoms with Crippen LogP contribution < -0.4 is 16.3 Å². The van der Waals surface area contributed by atoms with E-state index in [0.29, 0.717) is 11.5 Å². The maximum Gasteiger partial charge on any atom is 0.416 e. The van der Waals surface area contributed by atoms with Gasteiger partial charge in [-0.05, 0) is 18.2 Å². The van der Waals surface area contributed by atoms with Gasteiger partial charge in [-0.3, -0.25) is 16.3 Å². The van der Waals surface area contributed by atoms with Crippen LogP contribution >= 0.6 is 12.4 Å². The Kier molecular flexibility index (Phi) is 3.64. The number of alkyl halides is 3. The number of hydrazine groups is 2. The van der Waals surface area contributed by atoms with Crippen molar-refractivity contribution in [2.45, 2.75) is 6.18 Å². The Morgan fingerprint density at radius 1 is 1.14 bits per heavy atom. The molecule has 21 heavy (non-hydrogen) atoms. The minimum absolute atomic E-state index is 0. The summed E-state index contributed by atoms with van der Waals surface area (Å²) in [6.07, 6.45) is -4.45. The highest BCUT2D eigenvalue weighted by Gasteiger charge is 2.30. The van der Waals surface area contributed by atoms with Gasteiger partial charge in [0.25, 0.3) is 0 Å². The maximum absolute atomic E-state index is 12.7. The molecular weight excluding hydrogens is 309 g/mol. The van der Waals surface area contributed by atoms with E-state index in [9.17, 15) is 13.2 Å². The van der Waals surface area contributed by atoms with Crippen molar-refractivity contribution in [3.63, 3.8) is 0 Å². The van der Waals surface area contributed by atoms with Gasteiger partial charge in [0.15, 0.2) is 11.3 Å². The quantitative estimate of drug-likeness (QED) is 0.694. The minimum atomic E-state index is -4.45. The molecule has 0 radical (unpaired) electrons. The van der Waals surface area contributed by atoms with Gasteiger partial charge in [-0.25, -0.2) is 9.97 Å². The first-order valence-electron chi connectivity index (χ1n) is 5.59. The Balaban J connectivity index is 0.00000161. The van der Waals surface area contributed by atoms with Gasteiger partial charge in [-0.15, -0.1) is 17.5 Å². The predicted molar refractivity (Wildman–Crippen MR) is 72.7 cm³/mol. The minimum Gasteiger partial charge on any atom is -0.295 e. The molecule has 3 rings (SSSR count). The van der Waals surface area contributed by atoms with Crippen LogP contribution in [-0.4, -0.2) is 22.1 Å². The highest BCUT2D eigenvalue weighted by molar-refractivity contribution is 5.85. The van der Waals surface area contributed by atoms with Gasteiger partial charge in [-0.1, -0.05) is 0 Å². The lowest BCUT2D eigenvalue weighted by atomic mass is 10.2. The lowest BCUT2D eigenvalue weighted by Crippen LogP contribution is -2.25. The Labute approximate surface area is 122 Å². The topological polar surface area (TPSA) is 76.9 Å². The summed E-state index contributed by atoms with van der Waals surface area (Å²) in [7, 11) is 1.67. The molecule has 0 aliphatic carbocycles. The van der Waals surface area contributed by atoms with E-state index in [0.717, 1.165) is 12.1 Å². The lowest BCUT2D eigenvalue weighted by molar-refractivity contribution is -0.137. The van der Waals surface area contributed by atoms with Gasteiger partial charge < -0.3 is 0 Å². The summed E-state index contributed by atoms with van der Waals surface area (Å²) in [5, 5.41) is 9.29. The van der Waals surface area contributed by atoms with Crippen LogP contribution in [0.15, 0.2) is 18.2 Å². The zero-order valence-electron chi connectivity index (χ0n) is 10.6. The molecule has 0 saturated carbocycles. The van der Waals surface area contributed by atoms with Gasteiger partial charge in [0.05, 0.1) is 16.6 Å². The van der Waals surface area contributed by atoms with Crippen molar-refractivity contribution in [1.29, 1.82) is 5.41 Å². The van der Waals surface area contributed by atoms with E-state index in [-0.39, 0.29) is 28.9 Å². The Morgan fingerprint density at radius 3 is 2.52 bits per heavy atom. The zero-order valence-corrected chi connectivity index (χ0v) is 11.4. The molecular formula is C11H10ClF3N6. The number of fused-ring (bicyclic) bond motifs is 2. The molecule has 2 aromatic rings. The molecule has 0 bridgehead atoms. The number of nitrogens with zero attached hydrogens (tertiary/aromatic N) is 3. The first kappa shape index (κ1) is 15.3. The third-order valence-corrected chi connectivity index (χ3v) is 2.79. The van der Waals surface area contributed by atoms with Gasteiger partial charge in [-0.2, -0.15) is 13.2 Å². The standard InChI is InChI=1S/C11H9F3N6.ClH/c1-20-18-8-9(15)16-7-4-5(11(12,13)14)2-3-6(7)17-10(8)19-20;/h2-4,15,18-19H,1H3;1H. The van der Waals surface area contributed by atoms with E-state index in [1.54, 1.807) is 7.05 Å². The summed E-state index contributed by atoms with van der Waals surface area (Å²) < 4.78 is 38.0. The van der Waals surface area contributed by atoms with Crippen LogP contribution in [0.25, 0.3) is 11.0 Å².